The van der Waals surface area contributed by atoms with Gasteiger partial charge in [0.2, 0.25) is 0 Å². The van der Waals surface area contributed by atoms with E-state index in [-0.39, 0.29) is 30.8 Å². The van der Waals surface area contributed by atoms with Gasteiger partial charge in [0.15, 0.2) is 0 Å². The van der Waals surface area contributed by atoms with Crippen LogP contribution < -0.4 is 5.32 Å². The fourth-order valence-corrected chi connectivity index (χ4v) is 3.20. The molecule has 1 N–H and O–H groups in total. The average Bonchev–Trinajstić information content (AvgIpc) is 3.14. The summed E-state index contributed by atoms with van der Waals surface area (Å²) >= 11 is 0. The third-order valence-corrected chi connectivity index (χ3v) is 4.24. The molecule has 0 aromatic heterocycles. The number of hydrogen-bond donors (Lipinski definition) is 1. The van der Waals surface area contributed by atoms with E-state index in [1.807, 2.05) is 30.3 Å². The van der Waals surface area contributed by atoms with Crippen molar-refractivity contribution in [1.82, 2.24) is 5.32 Å². The molecule has 2 bridgehead atoms. The summed E-state index contributed by atoms with van der Waals surface area (Å²) in [5.41, 5.74) is 0.909. The maximum atomic E-state index is 12.0. The Morgan fingerprint density at radius 2 is 1.95 bits per heavy atom. The van der Waals surface area contributed by atoms with Gasteiger partial charge in [-0.05, 0) is 18.4 Å². The number of amides is 1. The summed E-state index contributed by atoms with van der Waals surface area (Å²) in [6.07, 6.45) is 0.804. The van der Waals surface area contributed by atoms with Crippen molar-refractivity contribution in [3.8, 4) is 0 Å². The molecule has 0 spiro atoms. The zero-order valence-corrected chi connectivity index (χ0v) is 12.4. The molecule has 1 aromatic carbocycles. The molecule has 2 heterocycles. The number of methoxy groups -OCH3 is 1. The van der Waals surface area contributed by atoms with Gasteiger partial charge < -0.3 is 19.5 Å². The maximum Gasteiger partial charge on any atom is 0.407 e. The second kappa shape index (κ2) is 6.36. The summed E-state index contributed by atoms with van der Waals surface area (Å²) in [7, 11) is 1.35. The first-order valence-corrected chi connectivity index (χ1v) is 7.39. The zero-order chi connectivity index (χ0) is 15.5. The van der Waals surface area contributed by atoms with E-state index in [1.54, 1.807) is 0 Å². The van der Waals surface area contributed by atoms with Crippen LogP contribution in [-0.2, 0) is 25.6 Å². The Kier molecular flexibility index (Phi) is 4.29. The molecule has 2 saturated heterocycles. The van der Waals surface area contributed by atoms with Crippen LogP contribution in [0.2, 0.25) is 0 Å². The lowest BCUT2D eigenvalue weighted by Gasteiger charge is -2.26. The van der Waals surface area contributed by atoms with Gasteiger partial charge in [0, 0.05) is 0 Å². The standard InChI is InChI=1S/C16H19NO5/c1-20-15(18)13-11-7-8-12(22-11)14(13)17-16(19)21-9-10-5-3-2-4-6-10/h2-6,11-14H,7-9H2,1H3,(H,17,19)/t11-,12+,13+,14-/m0/s1. The SMILES string of the molecule is COC(=O)[C@H]1[C@@H](NC(=O)OCc2ccccc2)[C@H]2CC[C@@H]1O2. The van der Waals surface area contributed by atoms with Crippen molar-refractivity contribution in [1.29, 1.82) is 0 Å². The van der Waals surface area contributed by atoms with E-state index in [0.29, 0.717) is 0 Å². The summed E-state index contributed by atoms with van der Waals surface area (Å²) in [6.45, 7) is 0.192. The summed E-state index contributed by atoms with van der Waals surface area (Å²) in [5, 5.41) is 2.76. The van der Waals surface area contributed by atoms with Gasteiger partial charge in [-0.2, -0.15) is 0 Å². The number of alkyl carbamates (subject to hydrolysis) is 1. The molecule has 0 aliphatic carbocycles. The van der Waals surface area contributed by atoms with Crippen LogP contribution in [0.3, 0.4) is 0 Å². The molecule has 2 fully saturated rings. The predicted molar refractivity (Wildman–Crippen MR) is 77.0 cm³/mol. The molecule has 22 heavy (non-hydrogen) atoms. The first-order valence-electron chi connectivity index (χ1n) is 7.39. The average molecular weight is 305 g/mol. The molecular weight excluding hydrogens is 286 g/mol. The number of hydrogen-bond acceptors (Lipinski definition) is 5. The van der Waals surface area contributed by atoms with Gasteiger partial charge in [0.1, 0.15) is 12.5 Å². The Labute approximate surface area is 128 Å². The van der Waals surface area contributed by atoms with Crippen molar-refractivity contribution < 1.29 is 23.8 Å². The van der Waals surface area contributed by atoms with Gasteiger partial charge in [-0.15, -0.1) is 0 Å². The Balaban J connectivity index is 1.57. The molecule has 0 radical (unpaired) electrons. The van der Waals surface area contributed by atoms with Gasteiger partial charge in [-0.25, -0.2) is 4.79 Å². The van der Waals surface area contributed by atoms with E-state index in [9.17, 15) is 9.59 Å². The number of esters is 1. The second-order valence-corrected chi connectivity index (χ2v) is 5.57. The lowest BCUT2D eigenvalue weighted by atomic mass is 9.84. The molecule has 1 amide bonds. The van der Waals surface area contributed by atoms with Crippen molar-refractivity contribution >= 4 is 12.1 Å². The van der Waals surface area contributed by atoms with E-state index in [2.05, 4.69) is 5.32 Å². The molecule has 2 aliphatic heterocycles. The summed E-state index contributed by atoms with van der Waals surface area (Å²) in [5.74, 6) is -0.798. The highest BCUT2D eigenvalue weighted by Gasteiger charge is 2.53. The second-order valence-electron chi connectivity index (χ2n) is 5.57. The van der Waals surface area contributed by atoms with Gasteiger partial charge >= 0.3 is 12.1 Å². The Morgan fingerprint density at radius 1 is 1.23 bits per heavy atom. The minimum absolute atomic E-state index is 0.140. The minimum Gasteiger partial charge on any atom is -0.469 e. The number of fused-ring (bicyclic) bond motifs is 2. The Bertz CT molecular complexity index is 547. The van der Waals surface area contributed by atoms with E-state index >= 15 is 0 Å². The van der Waals surface area contributed by atoms with E-state index < -0.39 is 12.0 Å². The third kappa shape index (κ3) is 2.92. The maximum absolute atomic E-state index is 12.0. The number of ether oxygens (including phenoxy) is 3. The number of benzene rings is 1. The molecule has 0 unspecified atom stereocenters. The van der Waals surface area contributed by atoms with Crippen LogP contribution in [0.15, 0.2) is 30.3 Å². The van der Waals surface area contributed by atoms with Crippen molar-refractivity contribution in [2.24, 2.45) is 5.92 Å². The van der Waals surface area contributed by atoms with Crippen LogP contribution in [0, 0.1) is 5.92 Å². The van der Waals surface area contributed by atoms with Crippen LogP contribution in [-0.4, -0.2) is 37.4 Å². The number of rotatable bonds is 4. The number of carbonyl (C=O) groups is 2. The minimum atomic E-state index is -0.543. The smallest absolute Gasteiger partial charge is 0.407 e. The Hall–Kier alpha value is -2.08. The van der Waals surface area contributed by atoms with Crippen molar-refractivity contribution in [2.75, 3.05) is 7.11 Å². The largest absolute Gasteiger partial charge is 0.469 e. The first-order chi connectivity index (χ1) is 10.7. The highest BCUT2D eigenvalue weighted by Crippen LogP contribution is 2.39. The monoisotopic (exact) mass is 305 g/mol. The van der Waals surface area contributed by atoms with E-state index in [1.165, 1.54) is 7.11 Å². The van der Waals surface area contributed by atoms with Gasteiger partial charge in [-0.1, -0.05) is 30.3 Å². The van der Waals surface area contributed by atoms with Crippen LogP contribution in [0.5, 0.6) is 0 Å². The lowest BCUT2D eigenvalue weighted by molar-refractivity contribution is -0.147. The molecular formula is C16H19NO5. The van der Waals surface area contributed by atoms with E-state index in [4.69, 9.17) is 14.2 Å². The van der Waals surface area contributed by atoms with E-state index in [0.717, 1.165) is 18.4 Å². The van der Waals surface area contributed by atoms with Crippen molar-refractivity contribution in [2.45, 2.75) is 37.7 Å². The first kappa shape index (κ1) is 14.8. The molecule has 1 aromatic rings. The van der Waals surface area contributed by atoms with Gasteiger partial charge in [0.05, 0.1) is 25.4 Å². The molecule has 0 saturated carbocycles. The van der Waals surface area contributed by atoms with Gasteiger partial charge in [0.25, 0.3) is 0 Å². The molecule has 6 heteroatoms. The number of nitrogens with one attached hydrogen (secondary N) is 1. The highest BCUT2D eigenvalue weighted by molar-refractivity contribution is 5.76. The summed E-state index contributed by atoms with van der Waals surface area (Å²) < 4.78 is 15.7. The number of carbonyl (C=O) groups excluding carboxylic acids is 2. The predicted octanol–water partition coefficient (Wildman–Crippen LogP) is 1.63. The molecule has 118 valence electrons. The summed E-state index contributed by atoms with van der Waals surface area (Å²) in [6, 6.07) is 9.05. The quantitative estimate of drug-likeness (QED) is 0.856. The highest BCUT2D eigenvalue weighted by atomic mass is 16.6. The molecule has 2 aliphatic rings. The fraction of sp³-hybridized carbons (Fsp3) is 0.500. The fourth-order valence-electron chi connectivity index (χ4n) is 3.20. The third-order valence-electron chi connectivity index (χ3n) is 4.24. The van der Waals surface area contributed by atoms with Crippen molar-refractivity contribution in [3.05, 3.63) is 35.9 Å². The molecule has 4 atom stereocenters. The van der Waals surface area contributed by atoms with Crippen LogP contribution in [0.25, 0.3) is 0 Å². The van der Waals surface area contributed by atoms with Crippen LogP contribution in [0.1, 0.15) is 18.4 Å². The van der Waals surface area contributed by atoms with Crippen LogP contribution in [0.4, 0.5) is 4.79 Å². The Morgan fingerprint density at radius 3 is 2.68 bits per heavy atom. The topological polar surface area (TPSA) is 73.9 Å². The molecule has 6 nitrogen and oxygen atoms in total. The zero-order valence-electron chi connectivity index (χ0n) is 12.4. The van der Waals surface area contributed by atoms with Crippen molar-refractivity contribution in [3.63, 3.8) is 0 Å². The summed E-state index contributed by atoms with van der Waals surface area (Å²) in [4.78, 5) is 23.8. The van der Waals surface area contributed by atoms with Gasteiger partial charge in [-0.3, -0.25) is 4.79 Å². The van der Waals surface area contributed by atoms with Crippen LogP contribution >= 0.6 is 0 Å². The normalized spacial score (nSPS) is 29.1. The lowest BCUT2D eigenvalue weighted by Crippen LogP contribution is -2.50. The molecule has 3 rings (SSSR count).